The number of aliphatic hydroxyl groups is 1. The Hall–Kier alpha value is -0.900. The third kappa shape index (κ3) is 3.02. The van der Waals surface area contributed by atoms with Gasteiger partial charge < -0.3 is 15.7 Å². The molecule has 1 aromatic rings. The maximum Gasteiger partial charge on any atom is 0.0907 e. The summed E-state index contributed by atoms with van der Waals surface area (Å²) in [6.45, 7) is 3.11. The maximum absolute atomic E-state index is 10.0. The Morgan fingerprint density at radius 3 is 2.80 bits per heavy atom. The van der Waals surface area contributed by atoms with Gasteiger partial charge in [0.2, 0.25) is 0 Å². The number of hydrogen-bond donors (Lipinski definition) is 3. The minimum Gasteiger partial charge on any atom is -0.387 e. The minimum absolute atomic E-state index is 0.547. The molecule has 1 fully saturated rings. The Morgan fingerprint density at radius 2 is 2.13 bits per heavy atom. The van der Waals surface area contributed by atoms with Crippen molar-refractivity contribution in [3.05, 3.63) is 35.9 Å². The highest BCUT2D eigenvalue weighted by atomic mass is 16.3. The number of β-amino-alcohol motifs (C(OH)–C–C–N with tert-alkyl or cyclic N) is 1. The average Bonchev–Trinajstić information content (AvgIpc) is 2.67. The lowest BCUT2D eigenvalue weighted by atomic mass is 10.0. The van der Waals surface area contributed by atoms with Gasteiger partial charge in [0.15, 0.2) is 0 Å². The zero-order valence-corrected chi connectivity index (χ0v) is 8.87. The molecule has 3 nitrogen and oxygen atoms in total. The van der Waals surface area contributed by atoms with Crippen molar-refractivity contribution in [2.24, 2.45) is 0 Å². The molecule has 0 spiro atoms. The first kappa shape index (κ1) is 10.6. The molecule has 0 radical (unpaired) electrons. The van der Waals surface area contributed by atoms with E-state index in [9.17, 15) is 5.11 Å². The number of benzene rings is 1. The standard InChI is InChI=1S/C12H18N2O/c15-12(6-7-13-9-12)10-14-8-11-4-2-1-3-5-11/h1-5,13-15H,6-10H2/t12-/m1/s1. The highest BCUT2D eigenvalue weighted by Crippen LogP contribution is 2.12. The molecule has 3 heteroatoms. The average molecular weight is 206 g/mol. The zero-order chi connectivity index (χ0) is 10.6. The molecule has 0 saturated carbocycles. The first-order valence-corrected chi connectivity index (χ1v) is 5.46. The van der Waals surface area contributed by atoms with E-state index in [0.29, 0.717) is 13.1 Å². The van der Waals surface area contributed by atoms with Crippen LogP contribution in [0.5, 0.6) is 0 Å². The Bertz CT molecular complexity index is 294. The van der Waals surface area contributed by atoms with Crippen molar-refractivity contribution in [3.63, 3.8) is 0 Å². The fourth-order valence-corrected chi connectivity index (χ4v) is 1.92. The quantitative estimate of drug-likeness (QED) is 0.672. The molecule has 1 aromatic carbocycles. The molecule has 2 rings (SSSR count). The van der Waals surface area contributed by atoms with Crippen LogP contribution in [-0.2, 0) is 6.54 Å². The summed E-state index contributed by atoms with van der Waals surface area (Å²) in [4.78, 5) is 0. The first-order valence-electron chi connectivity index (χ1n) is 5.46. The van der Waals surface area contributed by atoms with Gasteiger partial charge in [-0.1, -0.05) is 30.3 Å². The molecule has 1 atom stereocenters. The molecule has 0 aliphatic carbocycles. The molecule has 1 heterocycles. The smallest absolute Gasteiger partial charge is 0.0907 e. The van der Waals surface area contributed by atoms with Crippen molar-refractivity contribution in [2.45, 2.75) is 18.6 Å². The molecular formula is C12H18N2O. The lowest BCUT2D eigenvalue weighted by Crippen LogP contribution is -2.42. The van der Waals surface area contributed by atoms with Crippen molar-refractivity contribution in [1.29, 1.82) is 0 Å². The highest BCUT2D eigenvalue weighted by molar-refractivity contribution is 5.14. The SMILES string of the molecule is O[C@]1(CNCc2ccccc2)CCNC1. The second-order valence-electron chi connectivity index (χ2n) is 4.24. The lowest BCUT2D eigenvalue weighted by molar-refractivity contribution is 0.0609. The summed E-state index contributed by atoms with van der Waals surface area (Å²) >= 11 is 0. The van der Waals surface area contributed by atoms with Gasteiger partial charge in [0.25, 0.3) is 0 Å². The van der Waals surface area contributed by atoms with E-state index in [4.69, 9.17) is 0 Å². The maximum atomic E-state index is 10.0. The molecule has 1 saturated heterocycles. The predicted octanol–water partition coefficient (Wildman–Crippen LogP) is 0.501. The fourth-order valence-electron chi connectivity index (χ4n) is 1.92. The normalized spacial score (nSPS) is 25.7. The van der Waals surface area contributed by atoms with Crippen LogP contribution in [0.3, 0.4) is 0 Å². The van der Waals surface area contributed by atoms with Crippen molar-refractivity contribution in [2.75, 3.05) is 19.6 Å². The summed E-state index contributed by atoms with van der Waals surface area (Å²) in [5.41, 5.74) is 0.710. The van der Waals surface area contributed by atoms with Crippen LogP contribution >= 0.6 is 0 Å². The highest BCUT2D eigenvalue weighted by Gasteiger charge is 2.30. The Morgan fingerprint density at radius 1 is 1.33 bits per heavy atom. The van der Waals surface area contributed by atoms with E-state index in [1.54, 1.807) is 0 Å². The summed E-state index contributed by atoms with van der Waals surface area (Å²) in [7, 11) is 0. The summed E-state index contributed by atoms with van der Waals surface area (Å²) in [6.07, 6.45) is 0.842. The largest absolute Gasteiger partial charge is 0.387 e. The van der Waals surface area contributed by atoms with Gasteiger partial charge in [0.05, 0.1) is 5.60 Å². The molecule has 0 aromatic heterocycles. The van der Waals surface area contributed by atoms with E-state index in [-0.39, 0.29) is 0 Å². The molecular weight excluding hydrogens is 188 g/mol. The molecule has 0 unspecified atom stereocenters. The third-order valence-corrected chi connectivity index (χ3v) is 2.85. The van der Waals surface area contributed by atoms with Crippen LogP contribution in [0, 0.1) is 0 Å². The van der Waals surface area contributed by atoms with Crippen LogP contribution in [-0.4, -0.2) is 30.3 Å². The summed E-state index contributed by atoms with van der Waals surface area (Å²) in [6, 6.07) is 10.2. The van der Waals surface area contributed by atoms with Gasteiger partial charge in [-0.3, -0.25) is 0 Å². The molecule has 3 N–H and O–H groups in total. The lowest BCUT2D eigenvalue weighted by Gasteiger charge is -2.21. The predicted molar refractivity (Wildman–Crippen MR) is 60.6 cm³/mol. The zero-order valence-electron chi connectivity index (χ0n) is 8.87. The van der Waals surface area contributed by atoms with Crippen molar-refractivity contribution < 1.29 is 5.11 Å². The topological polar surface area (TPSA) is 44.3 Å². The van der Waals surface area contributed by atoms with Crippen LogP contribution in [0.25, 0.3) is 0 Å². The van der Waals surface area contributed by atoms with Crippen LogP contribution in [0.4, 0.5) is 0 Å². The molecule has 15 heavy (non-hydrogen) atoms. The molecule has 1 aliphatic rings. The Labute approximate surface area is 90.5 Å². The van der Waals surface area contributed by atoms with E-state index in [1.807, 2.05) is 18.2 Å². The number of hydrogen-bond acceptors (Lipinski definition) is 3. The van der Waals surface area contributed by atoms with Gasteiger partial charge in [-0.15, -0.1) is 0 Å². The number of rotatable bonds is 4. The first-order chi connectivity index (χ1) is 7.29. The van der Waals surface area contributed by atoms with E-state index < -0.39 is 5.60 Å². The third-order valence-electron chi connectivity index (χ3n) is 2.85. The summed E-state index contributed by atoms with van der Waals surface area (Å²) < 4.78 is 0. The number of nitrogens with one attached hydrogen (secondary N) is 2. The molecule has 0 amide bonds. The van der Waals surface area contributed by atoms with Crippen molar-refractivity contribution in [3.8, 4) is 0 Å². The van der Waals surface area contributed by atoms with E-state index in [1.165, 1.54) is 5.56 Å². The van der Waals surface area contributed by atoms with Crippen LogP contribution < -0.4 is 10.6 Å². The van der Waals surface area contributed by atoms with Gasteiger partial charge in [-0.25, -0.2) is 0 Å². The molecule has 0 bridgehead atoms. The van der Waals surface area contributed by atoms with Gasteiger partial charge >= 0.3 is 0 Å². The van der Waals surface area contributed by atoms with Gasteiger partial charge in [0.1, 0.15) is 0 Å². The van der Waals surface area contributed by atoms with Crippen LogP contribution in [0.15, 0.2) is 30.3 Å². The van der Waals surface area contributed by atoms with E-state index >= 15 is 0 Å². The summed E-state index contributed by atoms with van der Waals surface area (Å²) in [5, 5.41) is 16.5. The Kier molecular flexibility index (Phi) is 3.36. The van der Waals surface area contributed by atoms with Gasteiger partial charge in [0, 0.05) is 19.6 Å². The monoisotopic (exact) mass is 206 g/mol. The van der Waals surface area contributed by atoms with E-state index in [2.05, 4.69) is 22.8 Å². The van der Waals surface area contributed by atoms with E-state index in [0.717, 1.165) is 19.5 Å². The molecule has 82 valence electrons. The summed E-state index contributed by atoms with van der Waals surface area (Å²) in [5.74, 6) is 0. The van der Waals surface area contributed by atoms with Crippen molar-refractivity contribution in [1.82, 2.24) is 10.6 Å². The molecule has 1 aliphatic heterocycles. The fraction of sp³-hybridized carbons (Fsp3) is 0.500. The van der Waals surface area contributed by atoms with Crippen molar-refractivity contribution >= 4 is 0 Å². The second-order valence-corrected chi connectivity index (χ2v) is 4.24. The van der Waals surface area contributed by atoms with Crippen LogP contribution in [0.1, 0.15) is 12.0 Å². The Balaban J connectivity index is 1.75. The van der Waals surface area contributed by atoms with Gasteiger partial charge in [-0.05, 0) is 18.5 Å². The second kappa shape index (κ2) is 4.75. The van der Waals surface area contributed by atoms with Crippen LogP contribution in [0.2, 0.25) is 0 Å². The van der Waals surface area contributed by atoms with Gasteiger partial charge in [-0.2, -0.15) is 0 Å². The minimum atomic E-state index is -0.547.